The topological polar surface area (TPSA) is 104 Å². The van der Waals surface area contributed by atoms with Gasteiger partial charge in [0.15, 0.2) is 0 Å². The first kappa shape index (κ1) is 23.4. The van der Waals surface area contributed by atoms with E-state index in [-0.39, 0.29) is 17.9 Å². The molecule has 0 saturated heterocycles. The van der Waals surface area contributed by atoms with Crippen molar-refractivity contribution in [2.24, 2.45) is 0 Å². The minimum Gasteiger partial charge on any atom is -0.350 e. The maximum atomic E-state index is 12.6. The van der Waals surface area contributed by atoms with Crippen molar-refractivity contribution >= 4 is 33.2 Å². The molecule has 2 aromatic rings. The molecule has 0 atom stereocenters. The van der Waals surface area contributed by atoms with Crippen molar-refractivity contribution in [2.75, 3.05) is 10.0 Å². The molecule has 0 aromatic heterocycles. The minimum absolute atomic E-state index is 0.00405. The summed E-state index contributed by atoms with van der Waals surface area (Å²) in [5, 5.41) is 5.65. The molecule has 0 unspecified atom stereocenters. The van der Waals surface area contributed by atoms with Gasteiger partial charge in [0.25, 0.3) is 11.8 Å². The molecular weight excluding hydrogens is 402 g/mol. The van der Waals surface area contributed by atoms with E-state index in [1.807, 2.05) is 13.8 Å². The molecule has 0 radical (unpaired) electrons. The Labute approximate surface area is 178 Å². The zero-order valence-corrected chi connectivity index (χ0v) is 19.0. The number of carbonyl (C=O) groups is 2. The van der Waals surface area contributed by atoms with E-state index in [0.29, 0.717) is 28.1 Å². The van der Waals surface area contributed by atoms with E-state index in [0.717, 1.165) is 0 Å². The molecule has 0 aliphatic carbocycles. The highest BCUT2D eigenvalue weighted by Crippen LogP contribution is 2.22. The van der Waals surface area contributed by atoms with Crippen LogP contribution in [0.1, 0.15) is 60.9 Å². The van der Waals surface area contributed by atoms with E-state index in [1.165, 1.54) is 12.1 Å². The first-order valence-corrected chi connectivity index (χ1v) is 11.1. The molecule has 0 heterocycles. The summed E-state index contributed by atoms with van der Waals surface area (Å²) in [6, 6.07) is 11.3. The van der Waals surface area contributed by atoms with Gasteiger partial charge < -0.3 is 10.6 Å². The molecule has 0 aliphatic rings. The van der Waals surface area contributed by atoms with Gasteiger partial charge in [0.05, 0.1) is 4.75 Å². The fourth-order valence-corrected chi connectivity index (χ4v) is 3.30. The Morgan fingerprint density at radius 1 is 0.933 bits per heavy atom. The lowest BCUT2D eigenvalue weighted by atomic mass is 10.1. The molecule has 0 aliphatic heterocycles. The number of carbonyl (C=O) groups excluding carboxylic acids is 2. The number of nitrogens with one attached hydrogen (secondary N) is 3. The lowest BCUT2D eigenvalue weighted by Crippen LogP contribution is -2.33. The summed E-state index contributed by atoms with van der Waals surface area (Å²) >= 11 is 0. The average Bonchev–Trinajstić information content (AvgIpc) is 2.62. The number of amides is 2. The van der Waals surface area contributed by atoms with E-state index >= 15 is 0 Å². The predicted octanol–water partition coefficient (Wildman–Crippen LogP) is 3.93. The van der Waals surface area contributed by atoms with Crippen molar-refractivity contribution in [3.05, 3.63) is 59.2 Å². The number of sulfonamides is 1. The highest BCUT2D eigenvalue weighted by molar-refractivity contribution is 7.94. The highest BCUT2D eigenvalue weighted by atomic mass is 32.2. The van der Waals surface area contributed by atoms with E-state index in [9.17, 15) is 18.0 Å². The summed E-state index contributed by atoms with van der Waals surface area (Å²) in [5.41, 5.74) is 2.44. The summed E-state index contributed by atoms with van der Waals surface area (Å²) in [4.78, 5) is 25.0. The summed E-state index contributed by atoms with van der Waals surface area (Å²) in [5.74, 6) is -0.557. The van der Waals surface area contributed by atoms with Crippen molar-refractivity contribution in [1.29, 1.82) is 0 Å². The third kappa shape index (κ3) is 5.60. The standard InChI is InChI=1S/C22H29N3O4S/c1-14(2)23-21(27)18-8-7-9-19(15(18)3)24-20(26)16-10-12-17(13-11-16)25-30(28,29)22(4,5)6/h7-14,25H,1-6H3,(H,23,27)(H,24,26). The van der Waals surface area contributed by atoms with Crippen LogP contribution in [-0.2, 0) is 10.0 Å². The summed E-state index contributed by atoms with van der Waals surface area (Å²) in [6.45, 7) is 10.3. The van der Waals surface area contributed by atoms with Crippen LogP contribution in [0.25, 0.3) is 0 Å². The van der Waals surface area contributed by atoms with Gasteiger partial charge in [-0.15, -0.1) is 0 Å². The van der Waals surface area contributed by atoms with E-state index in [4.69, 9.17) is 0 Å². The monoisotopic (exact) mass is 431 g/mol. The van der Waals surface area contributed by atoms with E-state index < -0.39 is 14.8 Å². The number of anilines is 2. The zero-order valence-electron chi connectivity index (χ0n) is 18.2. The van der Waals surface area contributed by atoms with E-state index in [2.05, 4.69) is 15.4 Å². The van der Waals surface area contributed by atoms with Crippen LogP contribution in [0.4, 0.5) is 11.4 Å². The third-order valence-electron chi connectivity index (χ3n) is 4.45. The summed E-state index contributed by atoms with van der Waals surface area (Å²) < 4.78 is 26.1. The molecular formula is C22H29N3O4S. The molecule has 30 heavy (non-hydrogen) atoms. The van der Waals surface area contributed by atoms with Crippen LogP contribution in [0, 0.1) is 6.92 Å². The molecule has 2 amide bonds. The first-order valence-electron chi connectivity index (χ1n) is 9.66. The Morgan fingerprint density at radius 2 is 1.53 bits per heavy atom. The third-order valence-corrected chi connectivity index (χ3v) is 6.57. The van der Waals surface area contributed by atoms with Crippen molar-refractivity contribution in [3.63, 3.8) is 0 Å². The number of rotatable bonds is 6. The second-order valence-corrected chi connectivity index (χ2v) is 10.8. The molecule has 8 heteroatoms. The molecule has 0 bridgehead atoms. The van der Waals surface area contributed by atoms with Crippen LogP contribution in [-0.4, -0.2) is 31.0 Å². The smallest absolute Gasteiger partial charge is 0.255 e. The lowest BCUT2D eigenvalue weighted by molar-refractivity contribution is 0.0941. The quantitative estimate of drug-likeness (QED) is 0.645. The number of hydrogen-bond acceptors (Lipinski definition) is 4. The fourth-order valence-electron chi connectivity index (χ4n) is 2.55. The first-order chi connectivity index (χ1) is 13.8. The molecule has 0 fully saturated rings. The normalized spacial score (nSPS) is 11.8. The van der Waals surface area contributed by atoms with Crippen molar-refractivity contribution in [1.82, 2.24) is 5.32 Å². The highest BCUT2D eigenvalue weighted by Gasteiger charge is 2.28. The Kier molecular flexibility index (Phi) is 6.92. The van der Waals surface area contributed by atoms with Crippen LogP contribution >= 0.6 is 0 Å². The molecule has 2 rings (SSSR count). The van der Waals surface area contributed by atoms with Gasteiger partial charge in [0, 0.05) is 28.5 Å². The Morgan fingerprint density at radius 3 is 2.07 bits per heavy atom. The Bertz CT molecular complexity index is 1040. The van der Waals surface area contributed by atoms with Gasteiger partial charge in [0.2, 0.25) is 10.0 Å². The fraction of sp³-hybridized carbons (Fsp3) is 0.364. The van der Waals surface area contributed by atoms with Gasteiger partial charge in [0.1, 0.15) is 0 Å². The van der Waals surface area contributed by atoms with Crippen LogP contribution < -0.4 is 15.4 Å². The number of hydrogen-bond donors (Lipinski definition) is 3. The molecule has 3 N–H and O–H groups in total. The largest absolute Gasteiger partial charge is 0.350 e. The van der Waals surface area contributed by atoms with Crippen molar-refractivity contribution in [2.45, 2.75) is 52.3 Å². The maximum absolute atomic E-state index is 12.6. The maximum Gasteiger partial charge on any atom is 0.255 e. The number of benzene rings is 2. The zero-order chi connectivity index (χ0) is 22.7. The molecule has 7 nitrogen and oxygen atoms in total. The van der Waals surface area contributed by atoms with Gasteiger partial charge in [-0.2, -0.15) is 0 Å². The van der Waals surface area contributed by atoms with Crippen molar-refractivity contribution in [3.8, 4) is 0 Å². The lowest BCUT2D eigenvalue weighted by Gasteiger charge is -2.20. The van der Waals surface area contributed by atoms with Crippen LogP contribution in [0.15, 0.2) is 42.5 Å². The Hall–Kier alpha value is -2.87. The minimum atomic E-state index is -3.55. The van der Waals surface area contributed by atoms with Crippen molar-refractivity contribution < 1.29 is 18.0 Å². The van der Waals surface area contributed by atoms with Gasteiger partial charge in [-0.25, -0.2) is 8.42 Å². The molecule has 0 spiro atoms. The van der Waals surface area contributed by atoms with Gasteiger partial charge in [-0.05, 0) is 83.5 Å². The Balaban J connectivity index is 2.16. The van der Waals surface area contributed by atoms with Gasteiger partial charge >= 0.3 is 0 Å². The second kappa shape index (κ2) is 8.87. The summed E-state index contributed by atoms with van der Waals surface area (Å²) in [7, 11) is -3.55. The van der Waals surface area contributed by atoms with Crippen LogP contribution in [0.5, 0.6) is 0 Å². The molecule has 0 saturated carbocycles. The van der Waals surface area contributed by atoms with Crippen LogP contribution in [0.3, 0.4) is 0 Å². The molecule has 162 valence electrons. The second-order valence-electron chi connectivity index (χ2n) is 8.36. The average molecular weight is 432 g/mol. The molecule has 2 aromatic carbocycles. The van der Waals surface area contributed by atoms with E-state index in [1.54, 1.807) is 58.0 Å². The van der Waals surface area contributed by atoms with Gasteiger partial charge in [-0.3, -0.25) is 14.3 Å². The summed E-state index contributed by atoms with van der Waals surface area (Å²) in [6.07, 6.45) is 0. The predicted molar refractivity (Wildman–Crippen MR) is 120 cm³/mol. The van der Waals surface area contributed by atoms with Gasteiger partial charge in [-0.1, -0.05) is 6.07 Å². The van der Waals surface area contributed by atoms with Crippen LogP contribution in [0.2, 0.25) is 0 Å². The SMILES string of the molecule is Cc1c(NC(=O)c2ccc(NS(=O)(=O)C(C)(C)C)cc2)cccc1C(=O)NC(C)C.